The van der Waals surface area contributed by atoms with Crippen molar-refractivity contribution >= 4 is 0 Å². The predicted octanol–water partition coefficient (Wildman–Crippen LogP) is 2.97. The summed E-state index contributed by atoms with van der Waals surface area (Å²) >= 11 is 0. The predicted molar refractivity (Wildman–Crippen MR) is 86.6 cm³/mol. The molecule has 1 saturated heterocycles. The third-order valence-corrected chi connectivity index (χ3v) is 4.07. The minimum atomic E-state index is -0.874. The molecule has 1 aliphatic heterocycles. The highest BCUT2D eigenvalue weighted by molar-refractivity contribution is 5.22. The van der Waals surface area contributed by atoms with Crippen LogP contribution in [0.25, 0.3) is 0 Å². The fraction of sp³-hybridized carbons (Fsp3) is 0.368. The molecule has 2 aromatic carbocycles. The van der Waals surface area contributed by atoms with E-state index in [9.17, 15) is 10.2 Å². The molecule has 1 fully saturated rings. The third kappa shape index (κ3) is 3.46. The van der Waals surface area contributed by atoms with E-state index in [1.165, 1.54) is 0 Å². The van der Waals surface area contributed by atoms with E-state index in [2.05, 4.69) is 0 Å². The van der Waals surface area contributed by atoms with Crippen LogP contribution in [0.3, 0.4) is 0 Å². The summed E-state index contributed by atoms with van der Waals surface area (Å²) in [5, 5.41) is 21.4. The van der Waals surface area contributed by atoms with Gasteiger partial charge in [-0.2, -0.15) is 0 Å². The molecule has 0 radical (unpaired) electrons. The Morgan fingerprint density at radius 1 is 0.739 bits per heavy atom. The van der Waals surface area contributed by atoms with Gasteiger partial charge in [0.1, 0.15) is 24.4 Å². The Hall–Kier alpha value is -1.72. The van der Waals surface area contributed by atoms with E-state index in [1.54, 1.807) is 13.8 Å². The van der Waals surface area contributed by atoms with Gasteiger partial charge in [-0.15, -0.1) is 0 Å². The van der Waals surface area contributed by atoms with Gasteiger partial charge in [-0.1, -0.05) is 60.7 Å². The Labute approximate surface area is 136 Å². The van der Waals surface area contributed by atoms with Gasteiger partial charge in [0.15, 0.2) is 5.79 Å². The van der Waals surface area contributed by atoms with Crippen LogP contribution in [0.15, 0.2) is 60.7 Å². The molecule has 4 heteroatoms. The monoisotopic (exact) mass is 314 g/mol. The van der Waals surface area contributed by atoms with Crippen LogP contribution in [0, 0.1) is 0 Å². The van der Waals surface area contributed by atoms with Crippen LogP contribution in [0.4, 0.5) is 0 Å². The number of hydrogen-bond donors (Lipinski definition) is 2. The normalized spacial score (nSPS) is 25.9. The second-order valence-electron chi connectivity index (χ2n) is 6.28. The van der Waals surface area contributed by atoms with Crippen molar-refractivity contribution in [3.05, 3.63) is 71.8 Å². The summed E-state index contributed by atoms with van der Waals surface area (Å²) < 4.78 is 11.8. The molecule has 0 aliphatic carbocycles. The number of benzene rings is 2. The molecule has 1 aliphatic rings. The number of hydrogen-bond acceptors (Lipinski definition) is 4. The average Bonchev–Trinajstić information content (AvgIpc) is 2.91. The zero-order valence-electron chi connectivity index (χ0n) is 13.3. The summed E-state index contributed by atoms with van der Waals surface area (Å²) in [4.78, 5) is 0. The quantitative estimate of drug-likeness (QED) is 0.911. The molecule has 0 saturated carbocycles. The maximum absolute atomic E-state index is 10.7. The van der Waals surface area contributed by atoms with E-state index in [-0.39, 0.29) is 0 Å². The topological polar surface area (TPSA) is 58.9 Å². The molecule has 0 aromatic heterocycles. The van der Waals surface area contributed by atoms with Crippen LogP contribution in [0.1, 0.15) is 37.2 Å². The highest BCUT2D eigenvalue weighted by atomic mass is 16.8. The van der Waals surface area contributed by atoms with Gasteiger partial charge in [0.25, 0.3) is 0 Å². The molecular formula is C19H22O4. The van der Waals surface area contributed by atoms with Crippen molar-refractivity contribution in [3.63, 3.8) is 0 Å². The lowest BCUT2D eigenvalue weighted by molar-refractivity contribution is -0.161. The lowest BCUT2D eigenvalue weighted by Gasteiger charge is -2.26. The number of ether oxygens (including phenoxy) is 2. The van der Waals surface area contributed by atoms with E-state index in [4.69, 9.17) is 9.47 Å². The molecular weight excluding hydrogens is 292 g/mol. The van der Waals surface area contributed by atoms with Gasteiger partial charge < -0.3 is 19.7 Å². The van der Waals surface area contributed by atoms with E-state index in [0.717, 1.165) is 11.1 Å². The molecule has 2 aromatic rings. The van der Waals surface area contributed by atoms with Gasteiger partial charge in [-0.3, -0.25) is 0 Å². The van der Waals surface area contributed by atoms with Crippen molar-refractivity contribution < 1.29 is 19.7 Å². The zero-order valence-corrected chi connectivity index (χ0v) is 13.3. The molecule has 23 heavy (non-hydrogen) atoms. The van der Waals surface area contributed by atoms with Crippen LogP contribution in [-0.2, 0) is 9.47 Å². The summed E-state index contributed by atoms with van der Waals surface area (Å²) in [5.74, 6) is -0.860. The summed E-state index contributed by atoms with van der Waals surface area (Å²) in [6.45, 7) is 3.57. The lowest BCUT2D eigenvalue weighted by Crippen LogP contribution is -2.34. The molecule has 4 nitrogen and oxygen atoms in total. The first-order valence-electron chi connectivity index (χ1n) is 7.79. The van der Waals surface area contributed by atoms with E-state index >= 15 is 0 Å². The Morgan fingerprint density at radius 2 is 1.09 bits per heavy atom. The summed E-state index contributed by atoms with van der Waals surface area (Å²) in [5.41, 5.74) is 1.48. The fourth-order valence-corrected chi connectivity index (χ4v) is 2.99. The summed E-state index contributed by atoms with van der Waals surface area (Å²) in [6, 6.07) is 18.6. The van der Waals surface area contributed by atoms with Crippen LogP contribution in [0.2, 0.25) is 0 Å². The van der Waals surface area contributed by atoms with Crippen LogP contribution < -0.4 is 0 Å². The first-order valence-corrected chi connectivity index (χ1v) is 7.79. The van der Waals surface area contributed by atoms with E-state index in [1.807, 2.05) is 60.7 Å². The van der Waals surface area contributed by atoms with Crippen LogP contribution in [0.5, 0.6) is 0 Å². The third-order valence-electron chi connectivity index (χ3n) is 4.07. The standard InChI is InChI=1S/C19H22O4/c1-19(2)22-17(15(20)13-9-5-3-6-10-13)18(23-19)16(21)14-11-7-4-8-12-14/h3-12,15-18,20-21H,1-2H3/t15-,16-,17-,18-/m1/s1. The minimum Gasteiger partial charge on any atom is -0.386 e. The number of aliphatic hydroxyl groups excluding tert-OH is 2. The maximum Gasteiger partial charge on any atom is 0.164 e. The van der Waals surface area contributed by atoms with Crippen molar-refractivity contribution in [1.29, 1.82) is 0 Å². The number of aliphatic hydroxyl groups is 2. The Morgan fingerprint density at radius 3 is 1.43 bits per heavy atom. The molecule has 122 valence electrons. The fourth-order valence-electron chi connectivity index (χ4n) is 2.99. The second kappa shape index (κ2) is 6.42. The van der Waals surface area contributed by atoms with Crippen molar-refractivity contribution in [1.82, 2.24) is 0 Å². The van der Waals surface area contributed by atoms with E-state index in [0.29, 0.717) is 0 Å². The number of rotatable bonds is 4. The van der Waals surface area contributed by atoms with Crippen molar-refractivity contribution in [2.24, 2.45) is 0 Å². The molecule has 3 rings (SSSR count). The Bertz CT molecular complexity index is 571. The molecule has 4 atom stereocenters. The Kier molecular flexibility index (Phi) is 4.50. The molecule has 2 N–H and O–H groups in total. The smallest absolute Gasteiger partial charge is 0.164 e. The van der Waals surface area contributed by atoms with Crippen molar-refractivity contribution in [3.8, 4) is 0 Å². The van der Waals surface area contributed by atoms with Gasteiger partial charge >= 0.3 is 0 Å². The first-order chi connectivity index (χ1) is 11.0. The van der Waals surface area contributed by atoms with E-state index < -0.39 is 30.2 Å². The van der Waals surface area contributed by atoms with Crippen LogP contribution >= 0.6 is 0 Å². The highest BCUT2D eigenvalue weighted by Gasteiger charge is 2.48. The summed E-state index contributed by atoms with van der Waals surface area (Å²) in [6.07, 6.45) is -3.05. The molecule has 0 bridgehead atoms. The van der Waals surface area contributed by atoms with Gasteiger partial charge in [0, 0.05) is 0 Å². The van der Waals surface area contributed by atoms with Crippen LogP contribution in [-0.4, -0.2) is 28.2 Å². The van der Waals surface area contributed by atoms with Gasteiger partial charge in [0.2, 0.25) is 0 Å². The molecule has 1 heterocycles. The minimum absolute atomic E-state index is 0.650. The Balaban J connectivity index is 1.88. The highest BCUT2D eigenvalue weighted by Crippen LogP contribution is 2.40. The largest absolute Gasteiger partial charge is 0.386 e. The molecule has 0 spiro atoms. The summed E-state index contributed by atoms with van der Waals surface area (Å²) in [7, 11) is 0. The van der Waals surface area contributed by atoms with Gasteiger partial charge in [0.05, 0.1) is 0 Å². The van der Waals surface area contributed by atoms with Gasteiger partial charge in [-0.25, -0.2) is 0 Å². The average molecular weight is 314 g/mol. The van der Waals surface area contributed by atoms with Crippen molar-refractivity contribution in [2.75, 3.05) is 0 Å². The molecule has 0 amide bonds. The maximum atomic E-state index is 10.7. The van der Waals surface area contributed by atoms with Crippen molar-refractivity contribution in [2.45, 2.75) is 44.1 Å². The first kappa shape index (κ1) is 16.1. The second-order valence-corrected chi connectivity index (χ2v) is 6.28. The lowest BCUT2D eigenvalue weighted by atomic mass is 9.94. The molecule has 0 unspecified atom stereocenters. The zero-order chi connectivity index (χ0) is 16.4. The SMILES string of the molecule is CC1(C)O[C@H]([C@H](O)c2ccccc2)[C@@H]([C@H](O)c2ccccc2)O1. The van der Waals surface area contributed by atoms with Gasteiger partial charge in [-0.05, 0) is 25.0 Å².